The monoisotopic (exact) mass is 338 g/mol. The third-order valence-electron chi connectivity index (χ3n) is 2.90. The SMILES string of the molecule is CC(C)Oc1cccc(NCCNc2cc(Cl)ccc2Cl)c1. The lowest BCUT2D eigenvalue weighted by Crippen LogP contribution is -2.14. The van der Waals surface area contributed by atoms with Crippen molar-refractivity contribution in [1.29, 1.82) is 0 Å². The van der Waals surface area contributed by atoms with Crippen LogP contribution < -0.4 is 15.4 Å². The van der Waals surface area contributed by atoms with Crippen LogP contribution in [0.2, 0.25) is 10.0 Å². The van der Waals surface area contributed by atoms with Crippen LogP contribution in [0.3, 0.4) is 0 Å². The van der Waals surface area contributed by atoms with Crippen LogP contribution in [0.25, 0.3) is 0 Å². The molecule has 3 nitrogen and oxygen atoms in total. The van der Waals surface area contributed by atoms with Gasteiger partial charge in [-0.2, -0.15) is 0 Å². The molecular formula is C17H20Cl2N2O. The van der Waals surface area contributed by atoms with Crippen LogP contribution in [-0.4, -0.2) is 19.2 Å². The zero-order valence-electron chi connectivity index (χ0n) is 12.7. The summed E-state index contributed by atoms with van der Waals surface area (Å²) in [7, 11) is 0. The van der Waals surface area contributed by atoms with Crippen LogP contribution in [0.15, 0.2) is 42.5 Å². The van der Waals surface area contributed by atoms with Gasteiger partial charge in [0.2, 0.25) is 0 Å². The zero-order valence-corrected chi connectivity index (χ0v) is 14.2. The van der Waals surface area contributed by atoms with Crippen molar-refractivity contribution < 1.29 is 4.74 Å². The van der Waals surface area contributed by atoms with Crippen molar-refractivity contribution in [3.05, 3.63) is 52.5 Å². The lowest BCUT2D eigenvalue weighted by molar-refractivity contribution is 0.242. The molecule has 0 amide bonds. The van der Waals surface area contributed by atoms with Gasteiger partial charge in [0.1, 0.15) is 5.75 Å². The highest BCUT2D eigenvalue weighted by Crippen LogP contribution is 2.25. The summed E-state index contributed by atoms with van der Waals surface area (Å²) in [6.07, 6.45) is 0.168. The second-order valence-corrected chi connectivity index (χ2v) is 6.02. The molecular weight excluding hydrogens is 319 g/mol. The van der Waals surface area contributed by atoms with Gasteiger partial charge in [-0.3, -0.25) is 0 Å². The fraction of sp³-hybridized carbons (Fsp3) is 0.294. The Hall–Kier alpha value is -1.58. The van der Waals surface area contributed by atoms with E-state index < -0.39 is 0 Å². The Morgan fingerprint density at radius 3 is 2.55 bits per heavy atom. The summed E-state index contributed by atoms with van der Waals surface area (Å²) < 4.78 is 5.67. The molecule has 0 aliphatic rings. The van der Waals surface area contributed by atoms with Gasteiger partial charge in [0.25, 0.3) is 0 Å². The molecule has 0 heterocycles. The third kappa shape index (κ3) is 5.32. The van der Waals surface area contributed by atoms with E-state index in [1.165, 1.54) is 0 Å². The highest BCUT2D eigenvalue weighted by atomic mass is 35.5. The van der Waals surface area contributed by atoms with Gasteiger partial charge >= 0.3 is 0 Å². The maximum Gasteiger partial charge on any atom is 0.121 e. The van der Waals surface area contributed by atoms with Gasteiger partial charge < -0.3 is 15.4 Å². The standard InChI is InChI=1S/C17H20Cl2N2O/c1-12(2)22-15-5-3-4-14(11-15)20-8-9-21-17-10-13(18)6-7-16(17)19/h3-7,10-12,20-21H,8-9H2,1-2H3. The van der Waals surface area contributed by atoms with Gasteiger partial charge in [0, 0.05) is 29.9 Å². The molecule has 5 heteroatoms. The van der Waals surface area contributed by atoms with Crippen LogP contribution in [0.1, 0.15) is 13.8 Å². The van der Waals surface area contributed by atoms with E-state index in [0.29, 0.717) is 10.0 Å². The minimum atomic E-state index is 0.168. The first kappa shape index (κ1) is 16.8. The minimum absolute atomic E-state index is 0.168. The van der Waals surface area contributed by atoms with Crippen molar-refractivity contribution in [3.63, 3.8) is 0 Å². The predicted octanol–water partition coefficient (Wildman–Crippen LogP) is 5.30. The van der Waals surface area contributed by atoms with Gasteiger partial charge in [-0.15, -0.1) is 0 Å². The number of rotatable bonds is 7. The van der Waals surface area contributed by atoms with Gasteiger partial charge in [-0.25, -0.2) is 0 Å². The quantitative estimate of drug-likeness (QED) is 0.671. The Morgan fingerprint density at radius 1 is 1.00 bits per heavy atom. The van der Waals surface area contributed by atoms with Crippen molar-refractivity contribution in [3.8, 4) is 5.75 Å². The maximum absolute atomic E-state index is 6.10. The molecule has 0 fully saturated rings. The van der Waals surface area contributed by atoms with Crippen molar-refractivity contribution >= 4 is 34.6 Å². The molecule has 0 radical (unpaired) electrons. The fourth-order valence-electron chi connectivity index (χ4n) is 1.99. The molecule has 2 aromatic carbocycles. The summed E-state index contributed by atoms with van der Waals surface area (Å²) in [5.41, 5.74) is 1.87. The average Bonchev–Trinajstić information content (AvgIpc) is 2.47. The van der Waals surface area contributed by atoms with Crippen LogP contribution in [0.4, 0.5) is 11.4 Å². The molecule has 2 N–H and O–H groups in total. The van der Waals surface area contributed by atoms with Crippen molar-refractivity contribution in [1.82, 2.24) is 0 Å². The second kappa shape index (κ2) is 8.16. The lowest BCUT2D eigenvalue weighted by Gasteiger charge is -2.13. The Bertz CT molecular complexity index is 617. The summed E-state index contributed by atoms with van der Waals surface area (Å²) in [4.78, 5) is 0. The zero-order chi connectivity index (χ0) is 15.9. The van der Waals surface area contributed by atoms with E-state index in [4.69, 9.17) is 27.9 Å². The number of benzene rings is 2. The summed E-state index contributed by atoms with van der Waals surface area (Å²) in [6, 6.07) is 13.3. The molecule has 0 spiro atoms. The summed E-state index contributed by atoms with van der Waals surface area (Å²) in [5, 5.41) is 7.93. The highest BCUT2D eigenvalue weighted by Gasteiger charge is 2.01. The van der Waals surface area contributed by atoms with E-state index in [1.807, 2.05) is 44.2 Å². The molecule has 2 rings (SSSR count). The highest BCUT2D eigenvalue weighted by molar-refractivity contribution is 6.35. The molecule has 118 valence electrons. The maximum atomic E-state index is 6.10. The van der Waals surface area contributed by atoms with Crippen molar-refractivity contribution in [2.75, 3.05) is 23.7 Å². The first-order chi connectivity index (χ1) is 10.5. The largest absolute Gasteiger partial charge is 0.491 e. The Kier molecular flexibility index (Phi) is 6.22. The third-order valence-corrected chi connectivity index (χ3v) is 3.47. The number of ether oxygens (including phenoxy) is 1. The van der Waals surface area contributed by atoms with Gasteiger partial charge in [0.05, 0.1) is 16.8 Å². The molecule has 0 aliphatic carbocycles. The Labute approximate surface area is 141 Å². The van der Waals surface area contributed by atoms with E-state index >= 15 is 0 Å². The number of halogens is 2. The molecule has 2 aromatic rings. The lowest BCUT2D eigenvalue weighted by atomic mass is 10.3. The van der Waals surface area contributed by atoms with E-state index in [-0.39, 0.29) is 6.10 Å². The van der Waals surface area contributed by atoms with Crippen molar-refractivity contribution in [2.45, 2.75) is 20.0 Å². The first-order valence-corrected chi connectivity index (χ1v) is 7.99. The number of nitrogens with one attached hydrogen (secondary N) is 2. The molecule has 0 bridgehead atoms. The number of anilines is 2. The molecule has 0 saturated heterocycles. The van der Waals surface area contributed by atoms with E-state index in [2.05, 4.69) is 10.6 Å². The van der Waals surface area contributed by atoms with Crippen LogP contribution in [-0.2, 0) is 0 Å². The summed E-state index contributed by atoms with van der Waals surface area (Å²) in [5.74, 6) is 0.867. The molecule has 0 atom stereocenters. The Balaban J connectivity index is 1.82. The van der Waals surface area contributed by atoms with E-state index in [0.717, 1.165) is 30.2 Å². The van der Waals surface area contributed by atoms with Gasteiger partial charge in [0.15, 0.2) is 0 Å². The first-order valence-electron chi connectivity index (χ1n) is 7.24. The molecule has 0 unspecified atom stereocenters. The summed E-state index contributed by atoms with van der Waals surface area (Å²) >= 11 is 12.1. The number of hydrogen-bond donors (Lipinski definition) is 2. The number of hydrogen-bond acceptors (Lipinski definition) is 3. The van der Waals surface area contributed by atoms with Gasteiger partial charge in [-0.1, -0.05) is 29.3 Å². The fourth-order valence-corrected chi connectivity index (χ4v) is 2.34. The van der Waals surface area contributed by atoms with Gasteiger partial charge in [-0.05, 0) is 44.2 Å². The van der Waals surface area contributed by atoms with E-state index in [1.54, 1.807) is 12.1 Å². The topological polar surface area (TPSA) is 33.3 Å². The normalized spacial score (nSPS) is 10.6. The minimum Gasteiger partial charge on any atom is -0.491 e. The smallest absolute Gasteiger partial charge is 0.121 e. The molecule has 0 saturated carbocycles. The van der Waals surface area contributed by atoms with Crippen LogP contribution >= 0.6 is 23.2 Å². The van der Waals surface area contributed by atoms with Crippen molar-refractivity contribution in [2.24, 2.45) is 0 Å². The molecule has 0 aromatic heterocycles. The van der Waals surface area contributed by atoms with Crippen LogP contribution in [0.5, 0.6) is 5.75 Å². The van der Waals surface area contributed by atoms with E-state index in [9.17, 15) is 0 Å². The molecule has 22 heavy (non-hydrogen) atoms. The Morgan fingerprint density at radius 2 is 1.77 bits per heavy atom. The second-order valence-electron chi connectivity index (χ2n) is 5.17. The predicted molar refractivity (Wildman–Crippen MR) is 95.6 cm³/mol. The van der Waals surface area contributed by atoms with Crippen LogP contribution in [0, 0.1) is 0 Å². The average molecular weight is 339 g/mol. The summed E-state index contributed by atoms with van der Waals surface area (Å²) in [6.45, 7) is 5.51. The molecule has 0 aliphatic heterocycles.